The van der Waals surface area contributed by atoms with E-state index in [1.807, 2.05) is 30.3 Å². The van der Waals surface area contributed by atoms with E-state index in [0.29, 0.717) is 18.4 Å². The summed E-state index contributed by atoms with van der Waals surface area (Å²) in [5, 5.41) is 8.88. The molecule has 0 amide bonds. The van der Waals surface area contributed by atoms with E-state index in [1.54, 1.807) is 0 Å². The number of carboxylic acid groups (broad SMARTS) is 1. The predicted octanol–water partition coefficient (Wildman–Crippen LogP) is 2.16. The molecule has 6 nitrogen and oxygen atoms in total. The Labute approximate surface area is 139 Å². The lowest BCUT2D eigenvalue weighted by Gasteiger charge is -2.26. The highest BCUT2D eigenvalue weighted by molar-refractivity contribution is 7.89. The van der Waals surface area contributed by atoms with E-state index in [4.69, 9.17) is 5.11 Å². The number of carboxylic acids is 1. The minimum Gasteiger partial charge on any atom is -0.478 e. The van der Waals surface area contributed by atoms with Crippen LogP contribution in [0.25, 0.3) is 0 Å². The number of hydrogen-bond acceptors (Lipinski definition) is 4. The lowest BCUT2D eigenvalue weighted by Crippen LogP contribution is -2.34. The second kappa shape index (κ2) is 5.39. The number of piperidine rings is 1. The molecule has 124 valence electrons. The van der Waals surface area contributed by atoms with Gasteiger partial charge in [-0.3, -0.25) is 0 Å². The van der Waals surface area contributed by atoms with Crippen molar-refractivity contribution in [2.75, 3.05) is 6.54 Å². The van der Waals surface area contributed by atoms with Crippen LogP contribution in [-0.4, -0.2) is 35.3 Å². The zero-order valence-electron chi connectivity index (χ0n) is 12.7. The molecule has 0 spiro atoms. The predicted molar refractivity (Wildman–Crippen MR) is 85.9 cm³/mol. The smallest absolute Gasteiger partial charge is 0.335 e. The molecule has 2 aliphatic rings. The van der Waals surface area contributed by atoms with Crippen LogP contribution in [0.5, 0.6) is 0 Å². The number of hydrogen-bond donors (Lipinski definition) is 1. The number of rotatable bonds is 4. The summed E-state index contributed by atoms with van der Waals surface area (Å²) in [6.07, 6.45) is 2.26. The maximum absolute atomic E-state index is 13.0. The maximum atomic E-state index is 13.0. The number of benzene rings is 1. The quantitative estimate of drug-likeness (QED) is 0.918. The Kier molecular flexibility index (Phi) is 3.43. The van der Waals surface area contributed by atoms with E-state index in [0.717, 1.165) is 18.1 Å². The summed E-state index contributed by atoms with van der Waals surface area (Å²) in [5.74, 6) is -0.449. The summed E-state index contributed by atoms with van der Waals surface area (Å²) in [6, 6.07) is 11.8. The molecule has 3 atom stereocenters. The van der Waals surface area contributed by atoms with Crippen molar-refractivity contribution >= 4 is 16.0 Å². The summed E-state index contributed by atoms with van der Waals surface area (Å²) in [7, 11) is -3.84. The Morgan fingerprint density at radius 1 is 1.21 bits per heavy atom. The molecule has 0 radical (unpaired) electrons. The van der Waals surface area contributed by atoms with Crippen LogP contribution in [0.4, 0.5) is 0 Å². The van der Waals surface area contributed by atoms with Crippen molar-refractivity contribution in [1.82, 2.24) is 9.29 Å². The third kappa shape index (κ3) is 2.40. The van der Waals surface area contributed by atoms with Gasteiger partial charge >= 0.3 is 5.97 Å². The second-order valence-corrected chi connectivity index (χ2v) is 8.12. The molecule has 2 heterocycles. The number of carbonyl (C=O) groups is 1. The third-order valence-corrected chi connectivity index (χ3v) is 6.55. The minimum atomic E-state index is -3.84. The van der Waals surface area contributed by atoms with Gasteiger partial charge in [-0.1, -0.05) is 30.3 Å². The number of aromatic carboxylic acids is 1. The largest absolute Gasteiger partial charge is 0.478 e. The highest BCUT2D eigenvalue weighted by Gasteiger charge is 2.56. The topological polar surface area (TPSA) is 87.6 Å². The average Bonchev–Trinajstić information content (AvgIpc) is 3.25. The molecule has 1 saturated heterocycles. The van der Waals surface area contributed by atoms with Gasteiger partial charge in [0.25, 0.3) is 10.0 Å². The van der Waals surface area contributed by atoms with Gasteiger partial charge in [0, 0.05) is 12.7 Å². The number of pyridine rings is 1. The van der Waals surface area contributed by atoms with Gasteiger partial charge in [0.15, 0.2) is 5.03 Å². The molecule has 2 aromatic rings. The number of fused-ring (bicyclic) bond motifs is 1. The van der Waals surface area contributed by atoms with Crippen molar-refractivity contribution in [3.63, 3.8) is 0 Å². The Morgan fingerprint density at radius 2 is 1.96 bits per heavy atom. The number of nitrogens with zero attached hydrogens (tertiary/aromatic N) is 2. The van der Waals surface area contributed by atoms with E-state index >= 15 is 0 Å². The molecular weight excluding hydrogens is 328 g/mol. The number of sulfonamides is 1. The normalized spacial score (nSPS) is 26.1. The molecule has 0 bridgehead atoms. The van der Waals surface area contributed by atoms with Crippen LogP contribution in [0.15, 0.2) is 53.7 Å². The van der Waals surface area contributed by atoms with Crippen molar-refractivity contribution in [3.8, 4) is 0 Å². The van der Waals surface area contributed by atoms with Crippen molar-refractivity contribution in [1.29, 1.82) is 0 Å². The molecule has 1 N–H and O–H groups in total. The minimum absolute atomic E-state index is 0.0795. The Morgan fingerprint density at radius 3 is 2.67 bits per heavy atom. The van der Waals surface area contributed by atoms with Gasteiger partial charge < -0.3 is 5.11 Å². The van der Waals surface area contributed by atoms with Crippen LogP contribution in [0.1, 0.15) is 28.4 Å². The van der Waals surface area contributed by atoms with Gasteiger partial charge in [-0.2, -0.15) is 4.31 Å². The zero-order valence-corrected chi connectivity index (χ0v) is 13.6. The molecule has 1 saturated carbocycles. The first-order chi connectivity index (χ1) is 11.5. The van der Waals surface area contributed by atoms with Gasteiger partial charge in [-0.05, 0) is 36.0 Å². The highest BCUT2D eigenvalue weighted by Crippen LogP contribution is 2.57. The fourth-order valence-corrected chi connectivity index (χ4v) is 5.22. The van der Waals surface area contributed by atoms with Crippen LogP contribution in [0.2, 0.25) is 0 Å². The lowest BCUT2D eigenvalue weighted by atomic mass is 10.0. The summed E-state index contributed by atoms with van der Waals surface area (Å²) in [4.78, 5) is 15.0. The van der Waals surface area contributed by atoms with Crippen LogP contribution >= 0.6 is 0 Å². The maximum Gasteiger partial charge on any atom is 0.335 e. The Hall–Kier alpha value is -2.25. The van der Waals surface area contributed by atoms with Gasteiger partial charge in [0.2, 0.25) is 0 Å². The van der Waals surface area contributed by atoms with Gasteiger partial charge in [0.1, 0.15) is 0 Å². The summed E-state index contributed by atoms with van der Waals surface area (Å²) in [5.41, 5.74) is 0.893. The van der Waals surface area contributed by atoms with Crippen molar-refractivity contribution in [2.24, 2.45) is 11.8 Å². The Bertz CT molecular complexity index is 898. The molecule has 2 fully saturated rings. The molecule has 1 aromatic carbocycles. The van der Waals surface area contributed by atoms with Gasteiger partial charge in [-0.15, -0.1) is 0 Å². The van der Waals surface area contributed by atoms with Crippen LogP contribution in [0, 0.1) is 11.8 Å². The van der Waals surface area contributed by atoms with Crippen LogP contribution in [0.3, 0.4) is 0 Å². The van der Waals surface area contributed by atoms with E-state index < -0.39 is 16.0 Å². The Balaban J connectivity index is 1.74. The molecular formula is C17H16N2O4S. The summed E-state index contributed by atoms with van der Waals surface area (Å²) in [6.45, 7) is 0.464. The van der Waals surface area contributed by atoms with E-state index in [9.17, 15) is 13.2 Å². The monoisotopic (exact) mass is 344 g/mol. The zero-order chi connectivity index (χ0) is 16.9. The van der Waals surface area contributed by atoms with E-state index in [2.05, 4.69) is 4.98 Å². The molecule has 1 aromatic heterocycles. The molecule has 7 heteroatoms. The molecule has 24 heavy (non-hydrogen) atoms. The standard InChI is InChI=1S/C17H16N2O4S/c20-17(21)12-6-7-18-15(9-12)24(22,23)19-10-13-8-14(13)16(19)11-4-2-1-3-5-11/h1-7,9,13-14,16H,8,10H2,(H,20,21)/t13-,14-,16-/m0/s1. The first-order valence-electron chi connectivity index (χ1n) is 7.74. The molecule has 1 aliphatic heterocycles. The van der Waals surface area contributed by atoms with Crippen LogP contribution in [-0.2, 0) is 10.0 Å². The first-order valence-corrected chi connectivity index (χ1v) is 9.18. The lowest BCUT2D eigenvalue weighted by molar-refractivity contribution is 0.0696. The third-order valence-electron chi connectivity index (χ3n) is 4.80. The average molecular weight is 344 g/mol. The van der Waals surface area contributed by atoms with Crippen molar-refractivity contribution in [2.45, 2.75) is 17.5 Å². The van der Waals surface area contributed by atoms with E-state index in [1.165, 1.54) is 16.6 Å². The highest BCUT2D eigenvalue weighted by atomic mass is 32.2. The summed E-state index contributed by atoms with van der Waals surface area (Å²) >= 11 is 0. The van der Waals surface area contributed by atoms with Crippen molar-refractivity contribution in [3.05, 3.63) is 59.8 Å². The fraction of sp³-hybridized carbons (Fsp3) is 0.294. The summed E-state index contributed by atoms with van der Waals surface area (Å²) < 4.78 is 27.5. The van der Waals surface area contributed by atoms with Gasteiger partial charge in [-0.25, -0.2) is 18.2 Å². The van der Waals surface area contributed by atoms with Crippen LogP contribution < -0.4 is 0 Å². The molecule has 1 aliphatic carbocycles. The second-order valence-electron chi connectivity index (χ2n) is 6.28. The first kappa shape index (κ1) is 15.3. The number of aromatic nitrogens is 1. The molecule has 4 rings (SSSR count). The fourth-order valence-electron chi connectivity index (χ4n) is 3.54. The van der Waals surface area contributed by atoms with Crippen molar-refractivity contribution < 1.29 is 18.3 Å². The molecule has 0 unspecified atom stereocenters. The van der Waals surface area contributed by atoms with Gasteiger partial charge in [0.05, 0.1) is 11.6 Å². The SMILES string of the molecule is O=C(O)c1ccnc(S(=O)(=O)N2C[C@@H]3C[C@@H]3[C@@H]2c2ccccc2)c1. The van der Waals surface area contributed by atoms with E-state index in [-0.39, 0.29) is 16.6 Å².